The van der Waals surface area contributed by atoms with E-state index in [2.05, 4.69) is 0 Å². The third-order valence-electron chi connectivity index (χ3n) is 5.71. The summed E-state index contributed by atoms with van der Waals surface area (Å²) >= 11 is 0. The third kappa shape index (κ3) is 3.63. The first-order valence-corrected chi connectivity index (χ1v) is 10.0. The lowest BCUT2D eigenvalue weighted by atomic mass is 9.70. The van der Waals surface area contributed by atoms with Gasteiger partial charge in [0.15, 0.2) is 5.78 Å². The van der Waals surface area contributed by atoms with Crippen molar-refractivity contribution in [1.29, 1.82) is 5.26 Å². The van der Waals surface area contributed by atoms with Gasteiger partial charge in [-0.05, 0) is 30.9 Å². The Labute approximate surface area is 175 Å². The molecule has 30 heavy (non-hydrogen) atoms. The van der Waals surface area contributed by atoms with Crippen molar-refractivity contribution in [3.05, 3.63) is 56.7 Å². The number of ether oxygens (including phenoxy) is 1. The molecule has 0 saturated carbocycles. The highest BCUT2D eigenvalue weighted by Crippen LogP contribution is 2.48. The molecule has 1 unspecified atom stereocenters. The Morgan fingerprint density at radius 3 is 2.57 bits per heavy atom. The zero-order chi connectivity index (χ0) is 22.2. The molecule has 0 bridgehead atoms. The van der Waals surface area contributed by atoms with Gasteiger partial charge in [-0.15, -0.1) is 0 Å². The van der Waals surface area contributed by atoms with Gasteiger partial charge in [0.2, 0.25) is 5.88 Å². The molecule has 0 amide bonds. The lowest BCUT2D eigenvalue weighted by Crippen LogP contribution is -2.33. The summed E-state index contributed by atoms with van der Waals surface area (Å²) in [4.78, 5) is 26.3. The van der Waals surface area contributed by atoms with Crippen molar-refractivity contribution in [2.75, 3.05) is 18.0 Å². The minimum atomic E-state index is -0.771. The number of rotatable bonds is 5. The van der Waals surface area contributed by atoms with Gasteiger partial charge in [0.05, 0.1) is 10.8 Å². The molecular weight excluding hydrogens is 384 g/mol. The number of nitrogens with zero attached hydrogens (tertiary/aromatic N) is 3. The van der Waals surface area contributed by atoms with Crippen LogP contribution in [0.3, 0.4) is 0 Å². The SMILES string of the molecule is CCN(CC)c1ccc(C2C(C#N)=C(N)OC3=C2C(=O)CC(C)(C)C3)cc1[N+](=O)[O-]. The number of hydrogen-bond acceptors (Lipinski definition) is 7. The molecule has 2 aliphatic rings. The van der Waals surface area contributed by atoms with Gasteiger partial charge in [-0.25, -0.2) is 0 Å². The number of ketones is 1. The second-order valence-corrected chi connectivity index (χ2v) is 8.38. The van der Waals surface area contributed by atoms with Gasteiger partial charge in [-0.1, -0.05) is 19.9 Å². The fourth-order valence-electron chi connectivity index (χ4n) is 4.32. The summed E-state index contributed by atoms with van der Waals surface area (Å²) in [5.74, 6) is -0.496. The van der Waals surface area contributed by atoms with Crippen LogP contribution < -0.4 is 10.6 Å². The topological polar surface area (TPSA) is 122 Å². The van der Waals surface area contributed by atoms with E-state index < -0.39 is 10.8 Å². The van der Waals surface area contributed by atoms with Crippen molar-refractivity contribution >= 4 is 17.2 Å². The lowest BCUT2D eigenvalue weighted by molar-refractivity contribution is -0.384. The smallest absolute Gasteiger partial charge is 0.292 e. The molecule has 1 aliphatic heterocycles. The second kappa shape index (κ2) is 7.82. The van der Waals surface area contributed by atoms with Crippen LogP contribution in [0.15, 0.2) is 41.0 Å². The van der Waals surface area contributed by atoms with Crippen LogP contribution in [-0.2, 0) is 9.53 Å². The Morgan fingerprint density at radius 1 is 1.33 bits per heavy atom. The highest BCUT2D eigenvalue weighted by molar-refractivity contribution is 6.00. The largest absolute Gasteiger partial charge is 0.444 e. The molecule has 1 atom stereocenters. The van der Waals surface area contributed by atoms with Gasteiger partial charge >= 0.3 is 0 Å². The van der Waals surface area contributed by atoms with Crippen molar-refractivity contribution in [2.45, 2.75) is 46.5 Å². The molecule has 2 N–H and O–H groups in total. The van der Waals surface area contributed by atoms with Gasteiger partial charge in [-0.3, -0.25) is 14.9 Å². The predicted molar refractivity (Wildman–Crippen MR) is 112 cm³/mol. The predicted octanol–water partition coefficient (Wildman–Crippen LogP) is 3.89. The highest BCUT2D eigenvalue weighted by Gasteiger charge is 2.43. The summed E-state index contributed by atoms with van der Waals surface area (Å²) < 4.78 is 5.68. The average molecular weight is 410 g/mol. The number of nitro benzene ring substituents is 1. The van der Waals surface area contributed by atoms with Crippen LogP contribution in [0.1, 0.15) is 52.0 Å². The number of hydrogen-bond donors (Lipinski definition) is 1. The monoisotopic (exact) mass is 410 g/mol. The number of nitriles is 1. The summed E-state index contributed by atoms with van der Waals surface area (Å²) in [5, 5.41) is 21.5. The molecule has 0 fully saturated rings. The van der Waals surface area contributed by atoms with Gasteiger partial charge in [0.25, 0.3) is 5.69 Å². The molecule has 3 rings (SSSR count). The number of carbonyl (C=O) groups excluding carboxylic acids is 1. The maximum absolute atomic E-state index is 13.0. The van der Waals surface area contributed by atoms with E-state index in [1.807, 2.05) is 38.7 Å². The second-order valence-electron chi connectivity index (χ2n) is 8.38. The zero-order valence-electron chi connectivity index (χ0n) is 17.7. The first kappa shape index (κ1) is 21.4. The molecule has 1 aromatic carbocycles. The molecule has 0 aromatic heterocycles. The molecule has 8 nitrogen and oxygen atoms in total. The first-order chi connectivity index (χ1) is 14.1. The summed E-state index contributed by atoms with van der Waals surface area (Å²) in [7, 11) is 0. The van der Waals surface area contributed by atoms with E-state index >= 15 is 0 Å². The van der Waals surface area contributed by atoms with Gasteiger partial charge in [0, 0.05) is 37.6 Å². The van der Waals surface area contributed by atoms with Crippen molar-refractivity contribution in [3.63, 3.8) is 0 Å². The highest BCUT2D eigenvalue weighted by atomic mass is 16.6. The van der Waals surface area contributed by atoms with E-state index in [4.69, 9.17) is 10.5 Å². The molecule has 1 aliphatic carbocycles. The van der Waals surface area contributed by atoms with Crippen molar-refractivity contribution < 1.29 is 14.5 Å². The quantitative estimate of drug-likeness (QED) is 0.577. The molecule has 1 aromatic rings. The Hall–Kier alpha value is -3.34. The first-order valence-electron chi connectivity index (χ1n) is 10.0. The molecule has 8 heteroatoms. The van der Waals surface area contributed by atoms with Gasteiger partial charge in [-0.2, -0.15) is 5.26 Å². The summed E-state index contributed by atoms with van der Waals surface area (Å²) in [6, 6.07) is 6.91. The Kier molecular flexibility index (Phi) is 5.57. The van der Waals surface area contributed by atoms with E-state index in [-0.39, 0.29) is 28.3 Å². The number of nitrogens with two attached hydrogens (primary N) is 1. The normalized spacial score (nSPS) is 20.4. The van der Waals surface area contributed by atoms with Crippen LogP contribution in [-0.4, -0.2) is 23.8 Å². The number of carbonyl (C=O) groups is 1. The number of nitro groups is 1. The van der Waals surface area contributed by atoms with Crippen LogP contribution in [0, 0.1) is 26.9 Å². The maximum Gasteiger partial charge on any atom is 0.292 e. The van der Waals surface area contributed by atoms with E-state index in [1.165, 1.54) is 6.07 Å². The van der Waals surface area contributed by atoms with Crippen molar-refractivity contribution in [2.24, 2.45) is 11.1 Å². The fraction of sp³-hybridized carbons (Fsp3) is 0.455. The molecule has 158 valence electrons. The number of allylic oxidation sites excluding steroid dienone is 3. The Bertz CT molecular complexity index is 1010. The third-order valence-corrected chi connectivity index (χ3v) is 5.71. The van der Waals surface area contributed by atoms with Crippen LogP contribution in [0.4, 0.5) is 11.4 Å². The van der Waals surface area contributed by atoms with E-state index in [1.54, 1.807) is 12.1 Å². The summed E-state index contributed by atoms with van der Waals surface area (Å²) in [6.45, 7) is 9.03. The van der Waals surface area contributed by atoms with Crippen LogP contribution in [0.5, 0.6) is 0 Å². The minimum absolute atomic E-state index is 0.0535. The molecular formula is C22H26N4O4. The summed E-state index contributed by atoms with van der Waals surface area (Å²) in [6.07, 6.45) is 0.813. The average Bonchev–Trinajstić information content (AvgIpc) is 2.67. The Morgan fingerprint density at radius 2 is 2.00 bits per heavy atom. The molecule has 0 saturated heterocycles. The maximum atomic E-state index is 13.0. The standard InChI is InChI=1S/C22H26N4O4/c1-5-25(6-2)15-8-7-13(9-16(15)26(28)29)19-14(12-23)21(24)30-18-11-22(3,4)10-17(27)20(18)19/h7-9,19H,5-6,10-11,24H2,1-4H3. The number of Topliss-reactive ketones (excluding diaryl/α,β-unsaturated/α-hetero) is 1. The molecule has 0 spiro atoms. The van der Waals surface area contributed by atoms with E-state index in [0.717, 1.165) is 0 Å². The fourth-order valence-corrected chi connectivity index (χ4v) is 4.32. The van der Waals surface area contributed by atoms with E-state index in [0.29, 0.717) is 48.5 Å². The number of benzene rings is 1. The zero-order valence-corrected chi connectivity index (χ0v) is 17.7. The van der Waals surface area contributed by atoms with Crippen LogP contribution >= 0.6 is 0 Å². The number of anilines is 1. The van der Waals surface area contributed by atoms with Crippen LogP contribution in [0.25, 0.3) is 0 Å². The van der Waals surface area contributed by atoms with Gasteiger partial charge < -0.3 is 15.4 Å². The van der Waals surface area contributed by atoms with Crippen molar-refractivity contribution in [3.8, 4) is 6.07 Å². The molecule has 0 radical (unpaired) electrons. The minimum Gasteiger partial charge on any atom is -0.444 e. The van der Waals surface area contributed by atoms with Crippen molar-refractivity contribution in [1.82, 2.24) is 0 Å². The van der Waals surface area contributed by atoms with Gasteiger partial charge in [0.1, 0.15) is 23.1 Å². The van der Waals surface area contributed by atoms with Crippen LogP contribution in [0.2, 0.25) is 0 Å². The molecule has 1 heterocycles. The Balaban J connectivity index is 2.21. The lowest BCUT2D eigenvalue weighted by Gasteiger charge is -2.37. The van der Waals surface area contributed by atoms with E-state index in [9.17, 15) is 20.2 Å². The summed E-state index contributed by atoms with van der Waals surface area (Å²) in [5.41, 5.74) is 7.14.